The van der Waals surface area contributed by atoms with Gasteiger partial charge in [-0.15, -0.1) is 0 Å². The van der Waals surface area contributed by atoms with Gasteiger partial charge in [-0.05, 0) is 56.4 Å². The lowest BCUT2D eigenvalue weighted by atomic mass is 9.99. The van der Waals surface area contributed by atoms with Crippen molar-refractivity contribution < 1.29 is 40.4 Å². The molecule has 1 aliphatic rings. The van der Waals surface area contributed by atoms with Crippen LogP contribution in [0.4, 0.5) is 18.0 Å². The second-order valence-corrected chi connectivity index (χ2v) is 10.4. The van der Waals surface area contributed by atoms with Gasteiger partial charge in [-0.2, -0.15) is 33.4 Å². The second-order valence-electron chi connectivity index (χ2n) is 7.69. The van der Waals surface area contributed by atoms with Gasteiger partial charge in [0.15, 0.2) is 0 Å². The highest BCUT2D eigenvalue weighted by molar-refractivity contribution is 7.99. The summed E-state index contributed by atoms with van der Waals surface area (Å²) in [5, 5.41) is 2.66. The molecular formula is C20H23F3O6S2. The van der Waals surface area contributed by atoms with Gasteiger partial charge in [0.1, 0.15) is 11.4 Å². The van der Waals surface area contributed by atoms with Gasteiger partial charge in [0.25, 0.3) is 0 Å². The summed E-state index contributed by atoms with van der Waals surface area (Å²) in [6.45, 7) is 5.48. The van der Waals surface area contributed by atoms with Gasteiger partial charge in [-0.3, -0.25) is 4.55 Å². The van der Waals surface area contributed by atoms with E-state index >= 15 is 0 Å². The van der Waals surface area contributed by atoms with Crippen LogP contribution in [-0.4, -0.2) is 36.0 Å². The molecule has 11 heteroatoms. The summed E-state index contributed by atoms with van der Waals surface area (Å²) >= 11 is 2.01. The topological polar surface area (TPSA) is 89.9 Å². The minimum atomic E-state index is -5.84. The van der Waals surface area contributed by atoms with Gasteiger partial charge in [0, 0.05) is 10.6 Å². The van der Waals surface area contributed by atoms with Crippen LogP contribution in [0.1, 0.15) is 44.4 Å². The quantitative estimate of drug-likeness (QED) is 0.240. The smallest absolute Gasteiger partial charge is 0.428 e. The number of ether oxygens (including phenoxy) is 2. The first kappa shape index (κ1) is 25.3. The van der Waals surface area contributed by atoms with E-state index in [-0.39, 0.29) is 0 Å². The van der Waals surface area contributed by atoms with Crippen LogP contribution in [0.15, 0.2) is 36.4 Å². The Morgan fingerprint density at radius 3 is 2.19 bits per heavy atom. The highest BCUT2D eigenvalue weighted by atomic mass is 32.2. The number of carbonyl (C=O) groups is 1. The van der Waals surface area contributed by atoms with Gasteiger partial charge < -0.3 is 9.47 Å². The van der Waals surface area contributed by atoms with Crippen molar-refractivity contribution in [2.45, 2.75) is 50.0 Å². The molecule has 0 saturated carbocycles. The normalized spacial score (nSPS) is 17.1. The highest BCUT2D eigenvalue weighted by Gasteiger charge is 2.44. The van der Waals surface area contributed by atoms with E-state index < -0.39 is 27.4 Å². The molecule has 31 heavy (non-hydrogen) atoms. The van der Waals surface area contributed by atoms with Gasteiger partial charge in [0.05, 0.1) is 0 Å². The Morgan fingerprint density at radius 1 is 1.10 bits per heavy atom. The van der Waals surface area contributed by atoms with Gasteiger partial charge in [-0.1, -0.05) is 30.3 Å². The molecule has 2 aromatic rings. The molecule has 3 rings (SSSR count). The molecule has 1 aliphatic heterocycles. The lowest BCUT2D eigenvalue weighted by Crippen LogP contribution is -2.26. The summed E-state index contributed by atoms with van der Waals surface area (Å²) in [7, 11) is -5.84. The predicted molar refractivity (Wildman–Crippen MR) is 113 cm³/mol. The molecule has 172 valence electrons. The van der Waals surface area contributed by atoms with E-state index in [1.54, 1.807) is 0 Å². The zero-order valence-electron chi connectivity index (χ0n) is 17.1. The Balaban J connectivity index is 0.000000366. The molecule has 0 aromatic heterocycles. The van der Waals surface area contributed by atoms with E-state index in [2.05, 4.69) is 12.1 Å². The molecule has 0 aliphatic carbocycles. The Hall–Kier alpha value is -1.98. The standard InChI is InChI=1S/C19H22O3S.CHF3O3S/c1-19(2,3)22-18(20)21-16-10-5-7-13-14(16)8-4-9-15(13)17-11-6-12-23-17;2-1(3,4)8(5,6)7/h4-5,7-10,17H,6,11-12H2,1-3H3;(H,5,6,7). The monoisotopic (exact) mass is 480 g/mol. The van der Waals surface area contributed by atoms with E-state index in [9.17, 15) is 18.0 Å². The third-order valence-electron chi connectivity index (χ3n) is 4.07. The third kappa shape index (κ3) is 7.29. The van der Waals surface area contributed by atoms with Crippen LogP contribution in [0, 0.1) is 0 Å². The van der Waals surface area contributed by atoms with Crippen molar-refractivity contribution in [1.29, 1.82) is 0 Å². The van der Waals surface area contributed by atoms with E-state index in [0.717, 1.165) is 10.8 Å². The predicted octanol–water partition coefficient (Wildman–Crippen LogP) is 6.12. The maximum absolute atomic E-state index is 12.0. The van der Waals surface area contributed by atoms with Gasteiger partial charge in [0.2, 0.25) is 0 Å². The number of alkyl halides is 3. The van der Waals surface area contributed by atoms with Crippen LogP contribution >= 0.6 is 11.8 Å². The highest BCUT2D eigenvalue weighted by Crippen LogP contribution is 2.43. The SMILES string of the molecule is CC(C)(C)OC(=O)Oc1cccc2c(C3CCCS3)cccc12.O=S(=O)(O)C(F)(F)F. The molecular weight excluding hydrogens is 457 g/mol. The maximum Gasteiger partial charge on any atom is 0.522 e. The number of hydrogen-bond donors (Lipinski definition) is 1. The molecule has 1 atom stereocenters. The fraction of sp³-hybridized carbons (Fsp3) is 0.450. The van der Waals surface area contributed by atoms with E-state index in [4.69, 9.17) is 22.4 Å². The van der Waals surface area contributed by atoms with E-state index in [0.29, 0.717) is 11.0 Å². The molecule has 1 saturated heterocycles. The minimum absolute atomic E-state index is 0.537. The molecule has 1 N–H and O–H groups in total. The van der Waals surface area contributed by atoms with Crippen molar-refractivity contribution in [3.8, 4) is 5.75 Å². The molecule has 0 amide bonds. The number of halogens is 3. The number of rotatable bonds is 2. The Kier molecular flexibility index (Phi) is 7.88. The summed E-state index contributed by atoms with van der Waals surface area (Å²) in [5.41, 5.74) is -4.76. The van der Waals surface area contributed by atoms with Gasteiger partial charge in [-0.25, -0.2) is 4.79 Å². The summed E-state index contributed by atoms with van der Waals surface area (Å²) in [5.74, 6) is 1.77. The summed E-state index contributed by atoms with van der Waals surface area (Å²) in [6.07, 6.45) is 1.81. The van der Waals surface area contributed by atoms with Crippen molar-refractivity contribution >= 4 is 38.8 Å². The van der Waals surface area contributed by atoms with Crippen molar-refractivity contribution in [2.24, 2.45) is 0 Å². The summed E-state index contributed by atoms with van der Waals surface area (Å²) in [4.78, 5) is 12.0. The summed E-state index contributed by atoms with van der Waals surface area (Å²) in [6, 6.07) is 12.1. The van der Waals surface area contributed by atoms with Gasteiger partial charge >= 0.3 is 21.8 Å². The first-order valence-corrected chi connectivity index (χ1v) is 11.8. The molecule has 0 bridgehead atoms. The third-order valence-corrected chi connectivity index (χ3v) is 6.07. The maximum atomic E-state index is 12.0. The molecule has 1 fully saturated rings. The zero-order valence-corrected chi connectivity index (χ0v) is 18.7. The summed E-state index contributed by atoms with van der Waals surface area (Å²) < 4.78 is 68.3. The minimum Gasteiger partial charge on any atom is -0.428 e. The number of benzene rings is 2. The van der Waals surface area contributed by atoms with Crippen LogP contribution in [0.25, 0.3) is 10.8 Å². The van der Waals surface area contributed by atoms with Crippen molar-refractivity contribution in [1.82, 2.24) is 0 Å². The van der Waals surface area contributed by atoms with Crippen LogP contribution in [0.3, 0.4) is 0 Å². The van der Waals surface area contributed by atoms with E-state index in [1.807, 2.05) is 56.8 Å². The second kappa shape index (κ2) is 9.66. The lowest BCUT2D eigenvalue weighted by Gasteiger charge is -2.19. The van der Waals surface area contributed by atoms with Crippen molar-refractivity contribution in [3.05, 3.63) is 42.0 Å². The molecule has 0 radical (unpaired) electrons. The molecule has 0 spiro atoms. The first-order chi connectivity index (χ1) is 14.2. The number of fused-ring (bicyclic) bond motifs is 1. The Morgan fingerprint density at radius 2 is 1.68 bits per heavy atom. The van der Waals surface area contributed by atoms with Crippen LogP contribution < -0.4 is 4.74 Å². The van der Waals surface area contributed by atoms with Crippen LogP contribution in [0.2, 0.25) is 0 Å². The first-order valence-electron chi connectivity index (χ1n) is 9.27. The fourth-order valence-corrected chi connectivity index (χ4v) is 4.20. The largest absolute Gasteiger partial charge is 0.522 e. The average molecular weight is 481 g/mol. The lowest BCUT2D eigenvalue weighted by molar-refractivity contribution is -0.0510. The fourth-order valence-electron chi connectivity index (χ4n) is 2.86. The average Bonchev–Trinajstić information content (AvgIpc) is 3.13. The van der Waals surface area contributed by atoms with Crippen molar-refractivity contribution in [2.75, 3.05) is 5.75 Å². The van der Waals surface area contributed by atoms with Crippen LogP contribution in [0.5, 0.6) is 5.75 Å². The number of carbonyl (C=O) groups excluding carboxylic acids is 1. The number of hydrogen-bond acceptors (Lipinski definition) is 6. The van der Waals surface area contributed by atoms with E-state index in [1.165, 1.54) is 24.2 Å². The van der Waals surface area contributed by atoms with Crippen molar-refractivity contribution in [3.63, 3.8) is 0 Å². The Labute approximate surface area is 182 Å². The molecule has 2 aromatic carbocycles. The Bertz CT molecular complexity index is 1020. The molecule has 6 nitrogen and oxygen atoms in total. The molecule has 1 heterocycles. The zero-order chi connectivity index (χ0) is 23.4. The number of thioether (sulfide) groups is 1. The molecule has 1 unspecified atom stereocenters. The van der Waals surface area contributed by atoms with Crippen LogP contribution in [-0.2, 0) is 14.9 Å².